The zero-order valence-corrected chi connectivity index (χ0v) is 17.5. The Morgan fingerprint density at radius 1 is 0.643 bits per heavy atom. The van der Waals surface area contributed by atoms with Gasteiger partial charge in [-0.3, -0.25) is 4.99 Å². The zero-order chi connectivity index (χ0) is 19.9. The van der Waals surface area contributed by atoms with Crippen molar-refractivity contribution in [2.45, 2.75) is 65.2 Å². The molecule has 0 spiro atoms. The average Bonchev–Trinajstić information content (AvgIpc) is 2.73. The molecule has 0 aromatic heterocycles. The highest BCUT2D eigenvalue weighted by atomic mass is 16.5. The topological polar surface area (TPSA) is 30.8 Å². The van der Waals surface area contributed by atoms with E-state index in [0.717, 1.165) is 55.2 Å². The molecule has 0 unspecified atom stereocenters. The number of ether oxygens (including phenoxy) is 2. The maximum atomic E-state index is 5.82. The fourth-order valence-electron chi connectivity index (χ4n) is 2.83. The van der Waals surface area contributed by atoms with E-state index >= 15 is 0 Å². The standard InChI is InChI=1S/C25H35NO2/c1-3-5-7-8-9-10-20-28-25-17-13-23(14-18-25)26-21-22-11-15-24(16-12-22)27-19-6-4-2/h11-18,21H,3-10,19-20H2,1-2H3. The molecule has 0 aliphatic rings. The highest BCUT2D eigenvalue weighted by molar-refractivity contribution is 5.82. The van der Waals surface area contributed by atoms with E-state index in [9.17, 15) is 0 Å². The summed E-state index contributed by atoms with van der Waals surface area (Å²) in [5.41, 5.74) is 1.99. The fourth-order valence-corrected chi connectivity index (χ4v) is 2.83. The van der Waals surface area contributed by atoms with Crippen molar-refractivity contribution in [2.24, 2.45) is 4.99 Å². The molecule has 28 heavy (non-hydrogen) atoms. The molecule has 2 aromatic carbocycles. The summed E-state index contributed by atoms with van der Waals surface area (Å²) in [4.78, 5) is 4.54. The van der Waals surface area contributed by atoms with Crippen molar-refractivity contribution in [3.05, 3.63) is 54.1 Å². The van der Waals surface area contributed by atoms with Crippen LogP contribution in [0.25, 0.3) is 0 Å². The monoisotopic (exact) mass is 381 g/mol. The molecule has 2 aromatic rings. The molecule has 0 N–H and O–H groups in total. The van der Waals surface area contributed by atoms with Crippen LogP contribution in [-0.2, 0) is 0 Å². The van der Waals surface area contributed by atoms with Crippen LogP contribution in [0, 0.1) is 0 Å². The lowest BCUT2D eigenvalue weighted by Crippen LogP contribution is -1.97. The van der Waals surface area contributed by atoms with E-state index in [4.69, 9.17) is 9.47 Å². The lowest BCUT2D eigenvalue weighted by atomic mass is 10.1. The Kier molecular flexibility index (Phi) is 10.9. The van der Waals surface area contributed by atoms with Gasteiger partial charge in [0.2, 0.25) is 0 Å². The molecular weight excluding hydrogens is 346 g/mol. The normalized spacial score (nSPS) is 11.1. The van der Waals surface area contributed by atoms with Crippen molar-refractivity contribution in [3.63, 3.8) is 0 Å². The molecule has 0 atom stereocenters. The average molecular weight is 382 g/mol. The Morgan fingerprint density at radius 2 is 1.18 bits per heavy atom. The fraction of sp³-hybridized carbons (Fsp3) is 0.480. The number of rotatable bonds is 14. The number of hydrogen-bond acceptors (Lipinski definition) is 3. The van der Waals surface area contributed by atoms with Crippen molar-refractivity contribution in [3.8, 4) is 11.5 Å². The summed E-state index contributed by atoms with van der Waals surface area (Å²) in [5, 5.41) is 0. The quantitative estimate of drug-likeness (QED) is 0.253. The first-order valence-electron chi connectivity index (χ1n) is 10.8. The first-order chi connectivity index (χ1) is 13.8. The first kappa shape index (κ1) is 22.0. The van der Waals surface area contributed by atoms with Crippen LogP contribution in [0.1, 0.15) is 70.8 Å². The summed E-state index contributed by atoms with van der Waals surface area (Å²) in [5.74, 6) is 1.83. The van der Waals surface area contributed by atoms with E-state index in [0.29, 0.717) is 0 Å². The first-order valence-corrected chi connectivity index (χ1v) is 10.8. The Hall–Kier alpha value is -2.29. The van der Waals surface area contributed by atoms with E-state index in [2.05, 4.69) is 18.8 Å². The van der Waals surface area contributed by atoms with Gasteiger partial charge < -0.3 is 9.47 Å². The molecule has 152 valence electrons. The van der Waals surface area contributed by atoms with Crippen LogP contribution in [-0.4, -0.2) is 19.4 Å². The van der Waals surface area contributed by atoms with E-state index in [-0.39, 0.29) is 0 Å². The minimum absolute atomic E-state index is 0.775. The minimum atomic E-state index is 0.775. The van der Waals surface area contributed by atoms with Gasteiger partial charge in [0, 0.05) is 6.21 Å². The van der Waals surface area contributed by atoms with Crippen molar-refractivity contribution in [2.75, 3.05) is 13.2 Å². The predicted molar refractivity (Wildman–Crippen MR) is 119 cm³/mol. The van der Waals surface area contributed by atoms with E-state index < -0.39 is 0 Å². The molecule has 0 saturated carbocycles. The van der Waals surface area contributed by atoms with Gasteiger partial charge in [-0.2, -0.15) is 0 Å². The maximum absolute atomic E-state index is 5.82. The lowest BCUT2D eigenvalue weighted by molar-refractivity contribution is 0.304. The molecule has 0 radical (unpaired) electrons. The van der Waals surface area contributed by atoms with Gasteiger partial charge in [0.25, 0.3) is 0 Å². The molecule has 3 nitrogen and oxygen atoms in total. The van der Waals surface area contributed by atoms with Gasteiger partial charge in [0.1, 0.15) is 11.5 Å². The van der Waals surface area contributed by atoms with Gasteiger partial charge in [0.15, 0.2) is 0 Å². The molecule has 0 bridgehead atoms. The second-order valence-corrected chi connectivity index (χ2v) is 7.14. The van der Waals surface area contributed by atoms with Crippen molar-refractivity contribution in [1.29, 1.82) is 0 Å². The molecular formula is C25H35NO2. The highest BCUT2D eigenvalue weighted by Crippen LogP contribution is 2.19. The smallest absolute Gasteiger partial charge is 0.119 e. The molecule has 0 heterocycles. The summed E-state index contributed by atoms with van der Waals surface area (Å²) >= 11 is 0. The summed E-state index contributed by atoms with van der Waals surface area (Å²) in [6, 6.07) is 16.0. The van der Waals surface area contributed by atoms with Crippen LogP contribution in [0.2, 0.25) is 0 Å². The highest BCUT2D eigenvalue weighted by Gasteiger charge is 1.97. The summed E-state index contributed by atoms with van der Waals surface area (Å²) in [6.07, 6.45) is 11.8. The van der Waals surface area contributed by atoms with Gasteiger partial charge in [-0.25, -0.2) is 0 Å². The Morgan fingerprint density at radius 3 is 1.82 bits per heavy atom. The van der Waals surface area contributed by atoms with Gasteiger partial charge in [-0.15, -0.1) is 0 Å². The maximum Gasteiger partial charge on any atom is 0.119 e. The molecule has 0 amide bonds. The van der Waals surface area contributed by atoms with Crippen molar-refractivity contribution >= 4 is 11.9 Å². The predicted octanol–water partition coefficient (Wildman–Crippen LogP) is 7.36. The zero-order valence-electron chi connectivity index (χ0n) is 17.5. The molecule has 0 fully saturated rings. The Bertz CT molecular complexity index is 662. The van der Waals surface area contributed by atoms with Crippen LogP contribution in [0.5, 0.6) is 11.5 Å². The number of aliphatic imine (C=N–C) groups is 1. The largest absolute Gasteiger partial charge is 0.494 e. The van der Waals surface area contributed by atoms with Crippen LogP contribution in [0.3, 0.4) is 0 Å². The van der Waals surface area contributed by atoms with Gasteiger partial charge in [-0.1, -0.05) is 52.4 Å². The molecule has 0 saturated heterocycles. The molecule has 0 aliphatic carbocycles. The number of hydrogen-bond donors (Lipinski definition) is 0. The molecule has 2 rings (SSSR count). The van der Waals surface area contributed by atoms with E-state index in [1.807, 2.05) is 54.7 Å². The minimum Gasteiger partial charge on any atom is -0.494 e. The molecule has 0 aliphatic heterocycles. The van der Waals surface area contributed by atoms with Crippen LogP contribution in [0.15, 0.2) is 53.5 Å². The SMILES string of the molecule is CCCCCCCCOc1ccc(N=Cc2ccc(OCCCC)cc2)cc1. The van der Waals surface area contributed by atoms with Gasteiger partial charge in [-0.05, 0) is 66.9 Å². The van der Waals surface area contributed by atoms with Crippen LogP contribution >= 0.6 is 0 Å². The summed E-state index contributed by atoms with van der Waals surface area (Å²) in [6.45, 7) is 5.98. The van der Waals surface area contributed by atoms with Gasteiger partial charge >= 0.3 is 0 Å². The number of nitrogens with zero attached hydrogens (tertiary/aromatic N) is 1. The van der Waals surface area contributed by atoms with Crippen LogP contribution in [0.4, 0.5) is 5.69 Å². The third-order valence-electron chi connectivity index (χ3n) is 4.61. The van der Waals surface area contributed by atoms with E-state index in [1.54, 1.807) is 0 Å². The summed E-state index contributed by atoms with van der Waals surface area (Å²) < 4.78 is 11.5. The van der Waals surface area contributed by atoms with Gasteiger partial charge in [0.05, 0.1) is 18.9 Å². The Labute approximate surface area is 170 Å². The summed E-state index contributed by atoms with van der Waals surface area (Å²) in [7, 11) is 0. The Balaban J connectivity index is 1.71. The lowest BCUT2D eigenvalue weighted by Gasteiger charge is -2.06. The van der Waals surface area contributed by atoms with Crippen molar-refractivity contribution < 1.29 is 9.47 Å². The second-order valence-electron chi connectivity index (χ2n) is 7.14. The van der Waals surface area contributed by atoms with Crippen molar-refractivity contribution in [1.82, 2.24) is 0 Å². The van der Waals surface area contributed by atoms with Crippen LogP contribution < -0.4 is 9.47 Å². The molecule has 3 heteroatoms. The third-order valence-corrected chi connectivity index (χ3v) is 4.61. The second kappa shape index (κ2) is 13.8. The van der Waals surface area contributed by atoms with E-state index in [1.165, 1.54) is 32.1 Å². The third kappa shape index (κ3) is 9.07. The number of benzene rings is 2. The number of unbranched alkanes of at least 4 members (excludes halogenated alkanes) is 6.